The summed E-state index contributed by atoms with van der Waals surface area (Å²) in [5, 5.41) is 7.75. The van der Waals surface area contributed by atoms with E-state index < -0.39 is 0 Å². The molecule has 0 amide bonds. The largest absolute Gasteiger partial charge is 0.339 e. The van der Waals surface area contributed by atoms with Gasteiger partial charge in [0.2, 0.25) is 5.89 Å². The standard InChI is InChI=1S/C17H21N3O/c1-12-10-18-11-14(12)15-19-16(20-21-15)17(8-5-9-17)13-6-3-2-4-7-13/h2-4,6-7,12,14,18H,5,8-11H2,1H3/t12-,14-/m1/s1. The zero-order valence-corrected chi connectivity index (χ0v) is 12.4. The average Bonchev–Trinajstić information content (AvgIpc) is 3.08. The molecule has 0 unspecified atom stereocenters. The molecule has 4 nitrogen and oxygen atoms in total. The summed E-state index contributed by atoms with van der Waals surface area (Å²) in [5.74, 6) is 2.62. The number of benzene rings is 1. The highest BCUT2D eigenvalue weighted by Crippen LogP contribution is 2.48. The van der Waals surface area contributed by atoms with E-state index in [4.69, 9.17) is 9.51 Å². The van der Waals surface area contributed by atoms with E-state index in [2.05, 4.69) is 47.7 Å². The molecule has 2 atom stereocenters. The predicted octanol–water partition coefficient (Wildman–Crippen LogP) is 2.86. The van der Waals surface area contributed by atoms with Gasteiger partial charge in [0.1, 0.15) is 0 Å². The van der Waals surface area contributed by atoms with Gasteiger partial charge < -0.3 is 9.84 Å². The maximum atomic E-state index is 5.62. The second-order valence-electron chi connectivity index (χ2n) is 6.50. The molecule has 0 spiro atoms. The molecule has 1 N–H and O–H groups in total. The van der Waals surface area contributed by atoms with E-state index in [0.717, 1.165) is 37.6 Å². The van der Waals surface area contributed by atoms with Gasteiger partial charge >= 0.3 is 0 Å². The Morgan fingerprint density at radius 2 is 2.00 bits per heavy atom. The maximum absolute atomic E-state index is 5.62. The fourth-order valence-corrected chi connectivity index (χ4v) is 3.65. The number of nitrogens with one attached hydrogen (secondary N) is 1. The van der Waals surface area contributed by atoms with Crippen molar-refractivity contribution in [1.29, 1.82) is 0 Å². The second kappa shape index (κ2) is 4.95. The van der Waals surface area contributed by atoms with E-state index in [1.54, 1.807) is 0 Å². The zero-order chi connectivity index (χ0) is 14.3. The lowest BCUT2D eigenvalue weighted by molar-refractivity contribution is 0.269. The van der Waals surface area contributed by atoms with Gasteiger partial charge in [-0.3, -0.25) is 0 Å². The average molecular weight is 283 g/mol. The van der Waals surface area contributed by atoms with Gasteiger partial charge in [-0.15, -0.1) is 0 Å². The molecule has 0 radical (unpaired) electrons. The first-order valence-corrected chi connectivity index (χ1v) is 7.90. The summed E-state index contributed by atoms with van der Waals surface area (Å²) in [5.41, 5.74) is 1.30. The Labute approximate surface area is 124 Å². The number of rotatable bonds is 3. The van der Waals surface area contributed by atoms with Gasteiger partial charge in [-0.05, 0) is 30.9 Å². The van der Waals surface area contributed by atoms with Crippen LogP contribution in [0.4, 0.5) is 0 Å². The summed E-state index contributed by atoms with van der Waals surface area (Å²) in [6.07, 6.45) is 3.48. The summed E-state index contributed by atoms with van der Waals surface area (Å²) < 4.78 is 5.62. The van der Waals surface area contributed by atoms with Crippen molar-refractivity contribution in [1.82, 2.24) is 15.5 Å². The van der Waals surface area contributed by atoms with Crippen LogP contribution in [0.25, 0.3) is 0 Å². The minimum absolute atomic E-state index is 0.0156. The third-order valence-electron chi connectivity index (χ3n) is 5.24. The number of aromatic nitrogens is 2. The van der Waals surface area contributed by atoms with Gasteiger partial charge in [0.05, 0.1) is 11.3 Å². The van der Waals surface area contributed by atoms with E-state index in [9.17, 15) is 0 Å². The van der Waals surface area contributed by atoms with Crippen molar-refractivity contribution in [2.75, 3.05) is 13.1 Å². The monoisotopic (exact) mass is 283 g/mol. The van der Waals surface area contributed by atoms with E-state index in [0.29, 0.717) is 11.8 Å². The molecule has 1 aromatic heterocycles. The molecule has 0 bridgehead atoms. The quantitative estimate of drug-likeness (QED) is 0.941. The van der Waals surface area contributed by atoms with Gasteiger partial charge in [-0.2, -0.15) is 4.98 Å². The van der Waals surface area contributed by atoms with Gasteiger partial charge in [0.25, 0.3) is 0 Å². The van der Waals surface area contributed by atoms with E-state index in [1.165, 1.54) is 12.0 Å². The van der Waals surface area contributed by atoms with Gasteiger partial charge in [-0.1, -0.05) is 48.8 Å². The van der Waals surface area contributed by atoms with Crippen LogP contribution in [0.15, 0.2) is 34.9 Å². The van der Waals surface area contributed by atoms with Crippen molar-refractivity contribution < 1.29 is 4.52 Å². The molecule has 4 heteroatoms. The van der Waals surface area contributed by atoms with Gasteiger partial charge in [0, 0.05) is 6.54 Å². The smallest absolute Gasteiger partial charge is 0.231 e. The molecule has 2 aliphatic rings. The van der Waals surface area contributed by atoms with E-state index in [-0.39, 0.29) is 5.41 Å². The summed E-state index contributed by atoms with van der Waals surface area (Å²) in [4.78, 5) is 4.80. The Morgan fingerprint density at radius 3 is 2.62 bits per heavy atom. The summed E-state index contributed by atoms with van der Waals surface area (Å²) in [7, 11) is 0. The van der Waals surface area contributed by atoms with Crippen LogP contribution >= 0.6 is 0 Å². The lowest BCUT2D eigenvalue weighted by atomic mass is 9.64. The van der Waals surface area contributed by atoms with Gasteiger partial charge in [-0.25, -0.2) is 0 Å². The van der Waals surface area contributed by atoms with Crippen molar-refractivity contribution >= 4 is 0 Å². The first-order chi connectivity index (χ1) is 10.3. The fraction of sp³-hybridized carbons (Fsp3) is 0.529. The van der Waals surface area contributed by atoms with Crippen molar-refractivity contribution in [3.05, 3.63) is 47.6 Å². The topological polar surface area (TPSA) is 51.0 Å². The lowest BCUT2D eigenvalue weighted by Crippen LogP contribution is -2.36. The van der Waals surface area contributed by atoms with E-state index >= 15 is 0 Å². The summed E-state index contributed by atoms with van der Waals surface area (Å²) >= 11 is 0. The lowest BCUT2D eigenvalue weighted by Gasteiger charge is -2.39. The molecule has 1 aliphatic carbocycles. The molecular weight excluding hydrogens is 262 g/mol. The first kappa shape index (κ1) is 13.0. The molecule has 2 heterocycles. The fourth-order valence-electron chi connectivity index (χ4n) is 3.65. The molecule has 1 aliphatic heterocycles. The predicted molar refractivity (Wildman–Crippen MR) is 80.1 cm³/mol. The van der Waals surface area contributed by atoms with Crippen LogP contribution < -0.4 is 5.32 Å². The maximum Gasteiger partial charge on any atom is 0.231 e. The number of hydrogen-bond donors (Lipinski definition) is 1. The Hall–Kier alpha value is -1.68. The molecule has 1 saturated heterocycles. The molecule has 2 aromatic rings. The second-order valence-corrected chi connectivity index (χ2v) is 6.50. The SMILES string of the molecule is C[C@@H]1CNC[C@H]1c1nc(C2(c3ccccc3)CCC2)no1. The van der Waals surface area contributed by atoms with Crippen molar-refractivity contribution in [3.8, 4) is 0 Å². The van der Waals surface area contributed by atoms with Crippen LogP contribution in [0.5, 0.6) is 0 Å². The zero-order valence-electron chi connectivity index (χ0n) is 12.4. The molecule has 4 rings (SSSR count). The van der Waals surface area contributed by atoms with Crippen LogP contribution in [-0.2, 0) is 5.41 Å². The van der Waals surface area contributed by atoms with E-state index in [1.807, 2.05) is 0 Å². The molecule has 2 fully saturated rings. The first-order valence-electron chi connectivity index (χ1n) is 7.90. The Kier molecular flexibility index (Phi) is 3.07. The minimum atomic E-state index is -0.0156. The van der Waals surface area contributed by atoms with Gasteiger partial charge in [0.15, 0.2) is 5.82 Å². The third-order valence-corrected chi connectivity index (χ3v) is 5.24. The van der Waals surface area contributed by atoms with Crippen LogP contribution in [0.3, 0.4) is 0 Å². The highest BCUT2D eigenvalue weighted by atomic mass is 16.5. The van der Waals surface area contributed by atoms with Crippen molar-refractivity contribution in [2.45, 2.75) is 37.5 Å². The Bertz CT molecular complexity index is 618. The molecular formula is C17H21N3O. The Balaban J connectivity index is 1.68. The number of nitrogens with zero attached hydrogens (tertiary/aromatic N) is 2. The molecule has 21 heavy (non-hydrogen) atoms. The molecule has 1 saturated carbocycles. The molecule has 110 valence electrons. The molecule has 1 aromatic carbocycles. The summed E-state index contributed by atoms with van der Waals surface area (Å²) in [6.45, 7) is 4.22. The third kappa shape index (κ3) is 2.01. The van der Waals surface area contributed by atoms with Crippen LogP contribution in [-0.4, -0.2) is 23.2 Å². The minimum Gasteiger partial charge on any atom is -0.339 e. The van der Waals surface area contributed by atoms with Crippen molar-refractivity contribution in [3.63, 3.8) is 0 Å². The Morgan fingerprint density at radius 1 is 1.19 bits per heavy atom. The highest BCUT2D eigenvalue weighted by Gasteiger charge is 2.45. The number of hydrogen-bond acceptors (Lipinski definition) is 4. The van der Waals surface area contributed by atoms with Crippen LogP contribution in [0, 0.1) is 5.92 Å². The normalized spacial score (nSPS) is 27.5. The van der Waals surface area contributed by atoms with Crippen LogP contribution in [0.1, 0.15) is 49.4 Å². The highest BCUT2D eigenvalue weighted by molar-refractivity contribution is 5.35. The van der Waals surface area contributed by atoms with Crippen LogP contribution in [0.2, 0.25) is 0 Å². The summed E-state index contributed by atoms with van der Waals surface area (Å²) in [6, 6.07) is 10.6. The van der Waals surface area contributed by atoms with Crippen molar-refractivity contribution in [2.24, 2.45) is 5.92 Å².